The zero-order chi connectivity index (χ0) is 16.6. The zero-order valence-electron chi connectivity index (χ0n) is 14.3. The maximum absolute atomic E-state index is 12.0. The Hall–Kier alpha value is -1.66. The summed E-state index contributed by atoms with van der Waals surface area (Å²) in [5, 5.41) is 0. The molecule has 6 nitrogen and oxygen atoms in total. The van der Waals surface area contributed by atoms with Crippen LogP contribution in [0.2, 0.25) is 0 Å². The van der Waals surface area contributed by atoms with Crippen molar-refractivity contribution in [1.29, 1.82) is 0 Å². The highest BCUT2D eigenvalue weighted by Gasteiger charge is 2.39. The van der Waals surface area contributed by atoms with Crippen molar-refractivity contribution in [2.75, 3.05) is 33.9 Å². The molecule has 0 unspecified atom stereocenters. The normalized spacial score (nSPS) is 25.4. The van der Waals surface area contributed by atoms with Crippen LogP contribution in [-0.4, -0.2) is 66.7 Å². The Morgan fingerprint density at radius 2 is 2.17 bits per heavy atom. The van der Waals surface area contributed by atoms with Crippen LogP contribution in [0.15, 0.2) is 6.20 Å². The molecule has 1 amide bonds. The average Bonchev–Trinajstić information content (AvgIpc) is 2.87. The summed E-state index contributed by atoms with van der Waals surface area (Å²) >= 11 is 0. The van der Waals surface area contributed by atoms with Gasteiger partial charge in [0.05, 0.1) is 38.0 Å². The van der Waals surface area contributed by atoms with Gasteiger partial charge in [-0.25, -0.2) is 0 Å². The van der Waals surface area contributed by atoms with E-state index in [1.54, 1.807) is 7.11 Å². The van der Waals surface area contributed by atoms with E-state index in [-0.39, 0.29) is 18.1 Å². The first kappa shape index (κ1) is 16.2. The summed E-state index contributed by atoms with van der Waals surface area (Å²) in [6.45, 7) is 6.98. The van der Waals surface area contributed by atoms with E-state index in [1.807, 2.05) is 25.1 Å². The molecule has 2 atom stereocenters. The molecule has 3 heterocycles. The van der Waals surface area contributed by atoms with Crippen LogP contribution in [0.1, 0.15) is 23.2 Å². The highest BCUT2D eigenvalue weighted by molar-refractivity contribution is 5.76. The molecular formula is C17H25N3O3. The standard InChI is InChI=1S/C17H25N3O3/c1-11-7-18-13(12(2)17(11)22-4)8-20-9-14-15(10-20)23-6-5-16(21)19(14)3/h7,14-15H,5-6,8-10H2,1-4H3/t14-,15-/m0/s1. The Kier molecular flexibility index (Phi) is 4.55. The molecule has 1 aromatic rings. The second-order valence-electron chi connectivity index (χ2n) is 6.47. The highest BCUT2D eigenvalue weighted by Crippen LogP contribution is 2.27. The Morgan fingerprint density at radius 1 is 1.39 bits per heavy atom. The first-order valence-electron chi connectivity index (χ1n) is 8.10. The van der Waals surface area contributed by atoms with Crippen LogP contribution in [0.3, 0.4) is 0 Å². The fourth-order valence-corrected chi connectivity index (χ4v) is 3.60. The van der Waals surface area contributed by atoms with E-state index >= 15 is 0 Å². The second kappa shape index (κ2) is 6.45. The van der Waals surface area contributed by atoms with Gasteiger partial charge in [-0.2, -0.15) is 0 Å². The van der Waals surface area contributed by atoms with Gasteiger partial charge in [0.15, 0.2) is 0 Å². The Morgan fingerprint density at radius 3 is 2.91 bits per heavy atom. The van der Waals surface area contributed by atoms with E-state index in [2.05, 4.69) is 16.8 Å². The average molecular weight is 319 g/mol. The Balaban J connectivity index is 1.74. The van der Waals surface area contributed by atoms with Gasteiger partial charge in [0.1, 0.15) is 5.75 Å². The van der Waals surface area contributed by atoms with Gasteiger partial charge in [0.2, 0.25) is 5.91 Å². The third-order valence-electron chi connectivity index (χ3n) is 4.97. The van der Waals surface area contributed by atoms with Gasteiger partial charge >= 0.3 is 0 Å². The van der Waals surface area contributed by atoms with Crippen molar-refractivity contribution >= 4 is 5.91 Å². The van der Waals surface area contributed by atoms with Crippen molar-refractivity contribution in [3.8, 4) is 5.75 Å². The zero-order valence-corrected chi connectivity index (χ0v) is 14.3. The maximum atomic E-state index is 12.0. The number of hydrogen-bond donors (Lipinski definition) is 0. The summed E-state index contributed by atoms with van der Waals surface area (Å²) in [7, 11) is 3.58. The topological polar surface area (TPSA) is 54.9 Å². The van der Waals surface area contributed by atoms with E-state index in [0.29, 0.717) is 13.0 Å². The van der Waals surface area contributed by atoms with Crippen LogP contribution in [0.25, 0.3) is 0 Å². The first-order chi connectivity index (χ1) is 11.0. The molecule has 0 N–H and O–H groups in total. The second-order valence-corrected chi connectivity index (χ2v) is 6.47. The van der Waals surface area contributed by atoms with E-state index < -0.39 is 0 Å². The minimum atomic E-state index is 0.0964. The molecular weight excluding hydrogens is 294 g/mol. The predicted molar refractivity (Wildman–Crippen MR) is 86.5 cm³/mol. The number of aryl methyl sites for hydroxylation is 1. The number of likely N-dealkylation sites (tertiary alicyclic amines) is 1. The molecule has 6 heteroatoms. The van der Waals surface area contributed by atoms with Gasteiger partial charge in [0, 0.05) is 44.0 Å². The SMILES string of the molecule is COc1c(C)cnc(CN2C[C@@H]3OCCC(=O)N(C)[C@H]3C2)c1C. The molecule has 1 aromatic heterocycles. The number of likely N-dealkylation sites (N-methyl/N-ethyl adjacent to an activating group) is 1. The van der Waals surface area contributed by atoms with Gasteiger partial charge in [-0.05, 0) is 13.8 Å². The third kappa shape index (κ3) is 3.05. The molecule has 0 bridgehead atoms. The summed E-state index contributed by atoms with van der Waals surface area (Å²) in [6.07, 6.45) is 2.44. The number of fused-ring (bicyclic) bond motifs is 1. The lowest BCUT2D eigenvalue weighted by Crippen LogP contribution is -2.42. The summed E-state index contributed by atoms with van der Waals surface area (Å²) in [6, 6.07) is 0.137. The van der Waals surface area contributed by atoms with Crippen LogP contribution in [0, 0.1) is 13.8 Å². The van der Waals surface area contributed by atoms with Gasteiger partial charge in [0.25, 0.3) is 0 Å². The van der Waals surface area contributed by atoms with Crippen molar-refractivity contribution in [3.63, 3.8) is 0 Å². The number of aromatic nitrogens is 1. The monoisotopic (exact) mass is 319 g/mol. The quantitative estimate of drug-likeness (QED) is 0.836. The van der Waals surface area contributed by atoms with E-state index in [4.69, 9.17) is 9.47 Å². The van der Waals surface area contributed by atoms with Crippen molar-refractivity contribution in [2.45, 2.75) is 39.0 Å². The lowest BCUT2D eigenvalue weighted by Gasteiger charge is -2.25. The largest absolute Gasteiger partial charge is 0.496 e. The summed E-state index contributed by atoms with van der Waals surface area (Å²) in [4.78, 5) is 20.7. The number of nitrogens with zero attached hydrogens (tertiary/aromatic N) is 3. The van der Waals surface area contributed by atoms with Crippen LogP contribution in [0.4, 0.5) is 0 Å². The molecule has 23 heavy (non-hydrogen) atoms. The van der Waals surface area contributed by atoms with Crippen molar-refractivity contribution in [1.82, 2.24) is 14.8 Å². The number of methoxy groups -OCH3 is 1. The highest BCUT2D eigenvalue weighted by atomic mass is 16.5. The van der Waals surface area contributed by atoms with Crippen molar-refractivity contribution < 1.29 is 14.3 Å². The molecule has 2 aliphatic heterocycles. The van der Waals surface area contributed by atoms with Crippen LogP contribution >= 0.6 is 0 Å². The summed E-state index contributed by atoms with van der Waals surface area (Å²) < 4.78 is 11.4. The lowest BCUT2D eigenvalue weighted by atomic mass is 10.1. The van der Waals surface area contributed by atoms with Crippen LogP contribution < -0.4 is 4.74 Å². The van der Waals surface area contributed by atoms with E-state index in [0.717, 1.165) is 42.2 Å². The molecule has 0 radical (unpaired) electrons. The number of carbonyl (C=O) groups excluding carboxylic acids is 1. The molecule has 0 aromatic carbocycles. The first-order valence-corrected chi connectivity index (χ1v) is 8.10. The van der Waals surface area contributed by atoms with Crippen molar-refractivity contribution in [2.24, 2.45) is 0 Å². The molecule has 2 fully saturated rings. The minimum absolute atomic E-state index is 0.0964. The Labute approximate surface area is 137 Å². The number of amides is 1. The lowest BCUT2D eigenvalue weighted by molar-refractivity contribution is -0.131. The number of hydrogen-bond acceptors (Lipinski definition) is 5. The summed E-state index contributed by atoms with van der Waals surface area (Å²) in [5.41, 5.74) is 3.16. The molecule has 2 saturated heterocycles. The smallest absolute Gasteiger partial charge is 0.225 e. The maximum Gasteiger partial charge on any atom is 0.225 e. The Bertz CT molecular complexity index is 605. The molecule has 0 aliphatic carbocycles. The van der Waals surface area contributed by atoms with Gasteiger partial charge in [-0.1, -0.05) is 0 Å². The number of ether oxygens (including phenoxy) is 2. The molecule has 0 saturated carbocycles. The number of pyridine rings is 1. The fraction of sp³-hybridized carbons (Fsp3) is 0.647. The molecule has 3 rings (SSSR count). The molecule has 2 aliphatic rings. The molecule has 126 valence electrons. The van der Waals surface area contributed by atoms with E-state index in [9.17, 15) is 4.79 Å². The minimum Gasteiger partial charge on any atom is -0.496 e. The van der Waals surface area contributed by atoms with Gasteiger partial charge in [-0.3, -0.25) is 14.7 Å². The predicted octanol–water partition coefficient (Wildman–Crippen LogP) is 1.14. The van der Waals surface area contributed by atoms with Crippen molar-refractivity contribution in [3.05, 3.63) is 23.0 Å². The summed E-state index contributed by atoms with van der Waals surface area (Å²) in [5.74, 6) is 1.08. The van der Waals surface area contributed by atoms with E-state index in [1.165, 1.54) is 0 Å². The number of rotatable bonds is 3. The van der Waals surface area contributed by atoms with Gasteiger partial charge < -0.3 is 14.4 Å². The van der Waals surface area contributed by atoms with Crippen LogP contribution in [-0.2, 0) is 16.1 Å². The van der Waals surface area contributed by atoms with Crippen LogP contribution in [0.5, 0.6) is 5.75 Å². The van der Waals surface area contributed by atoms with Gasteiger partial charge in [-0.15, -0.1) is 0 Å². The third-order valence-corrected chi connectivity index (χ3v) is 4.97. The molecule has 0 spiro atoms. The fourth-order valence-electron chi connectivity index (χ4n) is 3.60. The number of carbonyl (C=O) groups is 1.